The van der Waals surface area contributed by atoms with Crippen LogP contribution in [0.15, 0.2) is 42.5 Å². The van der Waals surface area contributed by atoms with Gasteiger partial charge in [0.25, 0.3) is 5.91 Å². The van der Waals surface area contributed by atoms with Crippen LogP contribution < -0.4 is 22.1 Å². The van der Waals surface area contributed by atoms with E-state index in [1.807, 2.05) is 24.3 Å². The fourth-order valence-electron chi connectivity index (χ4n) is 2.52. The highest BCUT2D eigenvalue weighted by Crippen LogP contribution is 2.31. The Labute approximate surface area is 150 Å². The maximum absolute atomic E-state index is 11.6. The third-order valence-electron chi connectivity index (χ3n) is 3.78. The zero-order valence-corrected chi connectivity index (χ0v) is 14.6. The fraction of sp³-hybridized carbons (Fsp3) is 0.222. The Balaban J connectivity index is 1.77. The number of thiazole rings is 1. The molecule has 3 aromatic rings. The van der Waals surface area contributed by atoms with Crippen molar-refractivity contribution in [3.05, 3.63) is 48.2 Å². The van der Waals surface area contributed by atoms with Gasteiger partial charge >= 0.3 is 0 Å². The number of aromatic nitrogens is 1. The van der Waals surface area contributed by atoms with Crippen molar-refractivity contribution in [2.24, 2.45) is 11.5 Å². The van der Waals surface area contributed by atoms with Gasteiger partial charge in [-0.3, -0.25) is 4.79 Å². The molecule has 0 radical (unpaired) electrons. The van der Waals surface area contributed by atoms with E-state index in [1.165, 1.54) is 16.7 Å². The van der Waals surface area contributed by atoms with Crippen molar-refractivity contribution in [1.82, 2.24) is 4.98 Å². The van der Waals surface area contributed by atoms with Crippen LogP contribution in [0, 0.1) is 0 Å². The summed E-state index contributed by atoms with van der Waals surface area (Å²) in [5, 5.41) is 10.1. The molecule has 6 nitrogen and oxygen atoms in total. The Hall–Kier alpha value is -2.64. The molecular formula is C18H21N5OS. The van der Waals surface area contributed by atoms with Crippen LogP contribution >= 0.6 is 11.3 Å². The molecule has 1 amide bonds. The van der Waals surface area contributed by atoms with E-state index in [2.05, 4.69) is 33.8 Å². The first-order chi connectivity index (χ1) is 12.2. The van der Waals surface area contributed by atoms with Crippen molar-refractivity contribution in [1.29, 1.82) is 0 Å². The number of hydrogen-bond donors (Lipinski definition) is 4. The molecule has 0 atom stereocenters. The minimum Gasteiger partial charge on any atom is -0.375 e. The van der Waals surface area contributed by atoms with Crippen molar-refractivity contribution >= 4 is 43.8 Å². The molecule has 0 aliphatic heterocycles. The lowest BCUT2D eigenvalue weighted by molar-refractivity contribution is 0.0997. The number of carbonyl (C=O) groups excluding carboxylic acids is 1. The summed E-state index contributed by atoms with van der Waals surface area (Å²) in [7, 11) is 0. The summed E-state index contributed by atoms with van der Waals surface area (Å²) in [6.07, 6.45) is 1.86. The van der Waals surface area contributed by atoms with E-state index in [-0.39, 0.29) is 5.69 Å². The number of hydrogen-bond acceptors (Lipinski definition) is 6. The molecule has 7 heteroatoms. The summed E-state index contributed by atoms with van der Waals surface area (Å²) in [5.41, 5.74) is 12.1. The van der Waals surface area contributed by atoms with Gasteiger partial charge in [-0.1, -0.05) is 41.7 Å². The first kappa shape index (κ1) is 17.2. The van der Waals surface area contributed by atoms with Crippen LogP contribution in [0.5, 0.6) is 0 Å². The van der Waals surface area contributed by atoms with Crippen LogP contribution in [-0.4, -0.2) is 24.0 Å². The van der Waals surface area contributed by atoms with Gasteiger partial charge < -0.3 is 22.1 Å². The summed E-state index contributed by atoms with van der Waals surface area (Å²) >= 11 is 1.38. The zero-order valence-electron chi connectivity index (χ0n) is 13.8. The highest BCUT2D eigenvalue weighted by Gasteiger charge is 2.15. The van der Waals surface area contributed by atoms with Crippen molar-refractivity contribution in [2.45, 2.75) is 12.8 Å². The van der Waals surface area contributed by atoms with Gasteiger partial charge in [-0.15, -0.1) is 0 Å². The zero-order chi connectivity index (χ0) is 17.6. The van der Waals surface area contributed by atoms with Crippen LogP contribution in [0.3, 0.4) is 0 Å². The standard InChI is InChI=1S/C18H21N5OS/c19-9-3-4-10-21-17-15(16(20)24)23-18(25-17)22-14-8-7-12-5-1-2-6-13(12)11-14/h1-2,5-8,11,21H,3-4,9-10,19H2,(H2,20,24)(H,22,23). The lowest BCUT2D eigenvalue weighted by Crippen LogP contribution is -2.14. The van der Waals surface area contributed by atoms with Crippen LogP contribution in [0.1, 0.15) is 23.3 Å². The quantitative estimate of drug-likeness (QED) is 0.464. The Kier molecular flexibility index (Phi) is 5.47. The van der Waals surface area contributed by atoms with Crippen LogP contribution in [0.25, 0.3) is 10.8 Å². The van der Waals surface area contributed by atoms with Crippen molar-refractivity contribution in [2.75, 3.05) is 23.7 Å². The molecular weight excluding hydrogens is 334 g/mol. The third-order valence-corrected chi connectivity index (χ3v) is 4.71. The maximum Gasteiger partial charge on any atom is 0.270 e. The second kappa shape index (κ2) is 7.96. The molecule has 1 aromatic heterocycles. The van der Waals surface area contributed by atoms with Crippen molar-refractivity contribution in [3.8, 4) is 0 Å². The number of carbonyl (C=O) groups is 1. The first-order valence-electron chi connectivity index (χ1n) is 8.18. The topological polar surface area (TPSA) is 106 Å². The molecule has 0 bridgehead atoms. The lowest BCUT2D eigenvalue weighted by Gasteiger charge is -2.04. The Morgan fingerprint density at radius 1 is 1.12 bits per heavy atom. The van der Waals surface area contributed by atoms with Crippen molar-refractivity contribution in [3.63, 3.8) is 0 Å². The van der Waals surface area contributed by atoms with Gasteiger partial charge in [-0.05, 0) is 42.3 Å². The summed E-state index contributed by atoms with van der Waals surface area (Å²) in [4.78, 5) is 16.0. The first-order valence-corrected chi connectivity index (χ1v) is 8.99. The second-order valence-electron chi connectivity index (χ2n) is 5.67. The van der Waals surface area contributed by atoms with E-state index in [0.717, 1.165) is 30.5 Å². The highest BCUT2D eigenvalue weighted by atomic mass is 32.1. The smallest absolute Gasteiger partial charge is 0.270 e. The van der Waals surface area contributed by atoms with Crippen LogP contribution in [0.2, 0.25) is 0 Å². The summed E-state index contributed by atoms with van der Waals surface area (Å²) in [6.45, 7) is 1.39. The molecule has 0 spiro atoms. The number of benzene rings is 2. The number of fused-ring (bicyclic) bond motifs is 1. The van der Waals surface area contributed by atoms with Gasteiger partial charge in [0.15, 0.2) is 10.8 Å². The van der Waals surface area contributed by atoms with Gasteiger partial charge in [-0.2, -0.15) is 0 Å². The predicted octanol–water partition coefficient (Wildman–Crippen LogP) is 3.29. The molecule has 0 fully saturated rings. The van der Waals surface area contributed by atoms with Crippen LogP contribution in [-0.2, 0) is 0 Å². The highest BCUT2D eigenvalue weighted by molar-refractivity contribution is 7.19. The average Bonchev–Trinajstić information content (AvgIpc) is 3.01. The molecule has 0 aliphatic rings. The van der Waals surface area contributed by atoms with E-state index in [4.69, 9.17) is 11.5 Å². The van der Waals surface area contributed by atoms with Crippen molar-refractivity contribution < 1.29 is 4.79 Å². The maximum atomic E-state index is 11.6. The molecule has 6 N–H and O–H groups in total. The molecule has 0 saturated heterocycles. The van der Waals surface area contributed by atoms with E-state index >= 15 is 0 Å². The third kappa shape index (κ3) is 4.26. The largest absolute Gasteiger partial charge is 0.375 e. The molecule has 130 valence electrons. The number of nitrogens with zero attached hydrogens (tertiary/aromatic N) is 1. The molecule has 1 heterocycles. The minimum absolute atomic E-state index is 0.265. The second-order valence-corrected chi connectivity index (χ2v) is 6.67. The average molecular weight is 355 g/mol. The normalized spacial score (nSPS) is 10.8. The molecule has 0 unspecified atom stereocenters. The number of rotatable bonds is 8. The number of nitrogens with two attached hydrogens (primary N) is 2. The molecule has 0 aliphatic carbocycles. The Morgan fingerprint density at radius 2 is 1.92 bits per heavy atom. The summed E-state index contributed by atoms with van der Waals surface area (Å²) < 4.78 is 0. The number of nitrogens with one attached hydrogen (secondary N) is 2. The molecule has 0 saturated carbocycles. The monoisotopic (exact) mass is 355 g/mol. The van der Waals surface area contributed by atoms with E-state index in [0.29, 0.717) is 16.7 Å². The lowest BCUT2D eigenvalue weighted by atomic mass is 10.1. The van der Waals surface area contributed by atoms with Gasteiger partial charge in [-0.25, -0.2) is 4.98 Å². The predicted molar refractivity (Wildman–Crippen MR) is 105 cm³/mol. The molecule has 25 heavy (non-hydrogen) atoms. The molecule has 2 aromatic carbocycles. The number of amides is 1. The number of unbranched alkanes of at least 4 members (excludes halogenated alkanes) is 1. The van der Waals surface area contributed by atoms with Gasteiger partial charge in [0.05, 0.1) is 0 Å². The summed E-state index contributed by atoms with van der Waals surface area (Å²) in [5.74, 6) is -0.538. The van der Waals surface area contributed by atoms with Gasteiger partial charge in [0, 0.05) is 12.2 Å². The van der Waals surface area contributed by atoms with E-state index in [9.17, 15) is 4.79 Å². The van der Waals surface area contributed by atoms with Crippen LogP contribution in [0.4, 0.5) is 15.8 Å². The van der Waals surface area contributed by atoms with Gasteiger partial charge in [0.1, 0.15) is 5.00 Å². The minimum atomic E-state index is -0.538. The fourth-order valence-corrected chi connectivity index (χ4v) is 3.44. The van der Waals surface area contributed by atoms with E-state index in [1.54, 1.807) is 0 Å². The van der Waals surface area contributed by atoms with E-state index < -0.39 is 5.91 Å². The van der Waals surface area contributed by atoms with Gasteiger partial charge in [0.2, 0.25) is 0 Å². The number of anilines is 3. The summed E-state index contributed by atoms with van der Waals surface area (Å²) in [6, 6.07) is 14.2. The SMILES string of the molecule is NCCCCNc1sc(Nc2ccc3ccccc3c2)nc1C(N)=O. The molecule has 3 rings (SSSR count). The number of primary amides is 1. The Morgan fingerprint density at radius 3 is 2.68 bits per heavy atom. The Bertz CT molecular complexity index is 877.